The van der Waals surface area contributed by atoms with Crippen LogP contribution in [0.3, 0.4) is 0 Å². The molecule has 0 aromatic heterocycles. The molecule has 1 aliphatic rings. The zero-order valence-corrected chi connectivity index (χ0v) is 12.5. The van der Waals surface area contributed by atoms with Gasteiger partial charge in [-0.05, 0) is 39.1 Å². The fraction of sp³-hybridized carbons (Fsp3) is 0.500. The molecule has 0 unspecified atom stereocenters. The van der Waals surface area contributed by atoms with Crippen molar-refractivity contribution in [3.8, 4) is 0 Å². The van der Waals surface area contributed by atoms with Crippen LogP contribution in [0, 0.1) is 11.6 Å². The highest BCUT2D eigenvalue weighted by molar-refractivity contribution is 7.80. The highest BCUT2D eigenvalue weighted by Gasteiger charge is 2.24. The molecule has 6 heteroatoms. The molecule has 1 saturated heterocycles. The normalized spacial score (nSPS) is 16.8. The van der Waals surface area contributed by atoms with Crippen molar-refractivity contribution in [2.75, 3.05) is 32.1 Å². The molecule has 3 nitrogen and oxygen atoms in total. The van der Waals surface area contributed by atoms with Gasteiger partial charge in [0.2, 0.25) is 0 Å². The Morgan fingerprint density at radius 3 is 2.35 bits per heavy atom. The van der Waals surface area contributed by atoms with Crippen LogP contribution in [0.15, 0.2) is 12.1 Å². The predicted molar refractivity (Wildman–Crippen MR) is 81.2 cm³/mol. The minimum absolute atomic E-state index is 0.0376. The first-order chi connectivity index (χ1) is 9.41. The average Bonchev–Trinajstić information content (AvgIpc) is 2.41. The summed E-state index contributed by atoms with van der Waals surface area (Å²) in [5.41, 5.74) is 5.62. The Balaban J connectivity index is 2.19. The van der Waals surface area contributed by atoms with Gasteiger partial charge in [-0.1, -0.05) is 12.2 Å². The fourth-order valence-corrected chi connectivity index (χ4v) is 2.75. The van der Waals surface area contributed by atoms with E-state index in [2.05, 4.69) is 4.90 Å². The van der Waals surface area contributed by atoms with Crippen LogP contribution in [-0.4, -0.2) is 43.1 Å². The lowest BCUT2D eigenvalue weighted by molar-refractivity contribution is 0.249. The number of rotatable bonds is 3. The highest BCUT2D eigenvalue weighted by atomic mass is 32.1. The second-order valence-corrected chi connectivity index (χ2v) is 5.75. The Morgan fingerprint density at radius 2 is 1.85 bits per heavy atom. The Morgan fingerprint density at radius 1 is 1.25 bits per heavy atom. The number of piperidine rings is 1. The van der Waals surface area contributed by atoms with Crippen LogP contribution in [0.4, 0.5) is 14.5 Å². The summed E-state index contributed by atoms with van der Waals surface area (Å²) in [5, 5.41) is 0. The summed E-state index contributed by atoms with van der Waals surface area (Å²) in [5.74, 6) is -1.82. The molecule has 1 heterocycles. The van der Waals surface area contributed by atoms with E-state index < -0.39 is 11.6 Å². The van der Waals surface area contributed by atoms with E-state index in [0.717, 1.165) is 12.8 Å². The van der Waals surface area contributed by atoms with Gasteiger partial charge in [0, 0.05) is 24.7 Å². The van der Waals surface area contributed by atoms with Gasteiger partial charge in [0.15, 0.2) is 11.6 Å². The van der Waals surface area contributed by atoms with E-state index in [1.165, 1.54) is 6.07 Å². The fourth-order valence-electron chi connectivity index (χ4n) is 2.60. The molecule has 0 aliphatic carbocycles. The Labute approximate surface area is 123 Å². The van der Waals surface area contributed by atoms with E-state index in [9.17, 15) is 8.78 Å². The standard InChI is InChI=1S/C14H19F2N3S/c1-18(2)9-5-7-19(8-6-9)11-4-3-10(14(17)20)12(15)13(11)16/h3-4,9H,5-8H2,1-2H3,(H2,17,20). The van der Waals surface area contributed by atoms with Gasteiger partial charge in [0.05, 0.1) is 5.69 Å². The third-order valence-electron chi connectivity index (χ3n) is 3.86. The molecule has 1 fully saturated rings. The van der Waals surface area contributed by atoms with Gasteiger partial charge in [0.25, 0.3) is 0 Å². The van der Waals surface area contributed by atoms with Crippen molar-refractivity contribution in [3.63, 3.8) is 0 Å². The zero-order chi connectivity index (χ0) is 14.9. The van der Waals surface area contributed by atoms with E-state index >= 15 is 0 Å². The van der Waals surface area contributed by atoms with Crippen LogP contribution in [0.1, 0.15) is 18.4 Å². The first kappa shape index (κ1) is 15.1. The number of halogens is 2. The minimum Gasteiger partial charge on any atom is -0.389 e. The van der Waals surface area contributed by atoms with Gasteiger partial charge in [-0.15, -0.1) is 0 Å². The van der Waals surface area contributed by atoms with Gasteiger partial charge >= 0.3 is 0 Å². The minimum atomic E-state index is -0.954. The molecule has 2 rings (SSSR count). The molecular weight excluding hydrogens is 280 g/mol. The maximum absolute atomic E-state index is 14.1. The third kappa shape index (κ3) is 2.91. The quantitative estimate of drug-likeness (QED) is 0.867. The smallest absolute Gasteiger partial charge is 0.182 e. The number of nitrogens with zero attached hydrogens (tertiary/aromatic N) is 2. The monoisotopic (exact) mass is 299 g/mol. The summed E-state index contributed by atoms with van der Waals surface area (Å²) in [6.45, 7) is 1.43. The SMILES string of the molecule is CN(C)C1CCN(c2ccc(C(N)=S)c(F)c2F)CC1. The number of thiocarbonyl (C=S) groups is 1. The van der Waals surface area contributed by atoms with E-state index in [-0.39, 0.29) is 10.6 Å². The second-order valence-electron chi connectivity index (χ2n) is 5.31. The molecule has 20 heavy (non-hydrogen) atoms. The van der Waals surface area contributed by atoms with Crippen molar-refractivity contribution >= 4 is 22.9 Å². The Hall–Kier alpha value is -1.27. The van der Waals surface area contributed by atoms with Crippen LogP contribution in [0.2, 0.25) is 0 Å². The third-order valence-corrected chi connectivity index (χ3v) is 4.08. The van der Waals surface area contributed by atoms with E-state index in [4.69, 9.17) is 18.0 Å². The van der Waals surface area contributed by atoms with E-state index in [0.29, 0.717) is 24.8 Å². The molecule has 1 aliphatic heterocycles. The molecule has 0 atom stereocenters. The average molecular weight is 299 g/mol. The van der Waals surface area contributed by atoms with Gasteiger partial charge in [0.1, 0.15) is 4.99 Å². The predicted octanol–water partition coefficient (Wildman–Crippen LogP) is 2.13. The maximum atomic E-state index is 14.1. The van der Waals surface area contributed by atoms with Crippen LogP contribution >= 0.6 is 12.2 Å². The summed E-state index contributed by atoms with van der Waals surface area (Å²) < 4.78 is 28.0. The zero-order valence-electron chi connectivity index (χ0n) is 11.7. The van der Waals surface area contributed by atoms with Gasteiger partial charge < -0.3 is 15.5 Å². The second kappa shape index (κ2) is 6.01. The summed E-state index contributed by atoms with van der Waals surface area (Å²) in [6.07, 6.45) is 1.87. The molecule has 2 N–H and O–H groups in total. The van der Waals surface area contributed by atoms with Crippen molar-refractivity contribution < 1.29 is 8.78 Å². The van der Waals surface area contributed by atoms with Crippen LogP contribution in [0.25, 0.3) is 0 Å². The summed E-state index contributed by atoms with van der Waals surface area (Å²) in [4.78, 5) is 3.92. The first-order valence-corrected chi connectivity index (χ1v) is 7.01. The van der Waals surface area contributed by atoms with Crippen molar-refractivity contribution in [2.45, 2.75) is 18.9 Å². The van der Waals surface area contributed by atoms with Gasteiger partial charge in [-0.2, -0.15) is 0 Å². The van der Waals surface area contributed by atoms with E-state index in [1.807, 2.05) is 19.0 Å². The molecule has 1 aromatic rings. The number of nitrogens with two attached hydrogens (primary N) is 1. The molecule has 110 valence electrons. The molecule has 0 radical (unpaired) electrons. The lowest BCUT2D eigenvalue weighted by Crippen LogP contribution is -2.42. The number of hydrogen-bond acceptors (Lipinski definition) is 3. The van der Waals surface area contributed by atoms with Crippen molar-refractivity contribution in [1.82, 2.24) is 4.90 Å². The molecule has 0 spiro atoms. The molecular formula is C14H19F2N3S. The summed E-state index contributed by atoms with van der Waals surface area (Å²) in [6, 6.07) is 3.51. The van der Waals surface area contributed by atoms with Crippen molar-refractivity contribution in [1.29, 1.82) is 0 Å². The Kier molecular flexibility index (Phi) is 4.55. The van der Waals surface area contributed by atoms with Crippen LogP contribution in [-0.2, 0) is 0 Å². The molecule has 0 bridgehead atoms. The summed E-state index contributed by atoms with van der Waals surface area (Å²) in [7, 11) is 4.08. The van der Waals surface area contributed by atoms with Crippen molar-refractivity contribution in [3.05, 3.63) is 29.3 Å². The van der Waals surface area contributed by atoms with Crippen molar-refractivity contribution in [2.24, 2.45) is 5.73 Å². The lowest BCUT2D eigenvalue weighted by Gasteiger charge is -2.36. The lowest BCUT2D eigenvalue weighted by atomic mass is 10.0. The number of anilines is 1. The first-order valence-electron chi connectivity index (χ1n) is 6.61. The van der Waals surface area contributed by atoms with Gasteiger partial charge in [-0.25, -0.2) is 8.78 Å². The largest absolute Gasteiger partial charge is 0.389 e. The van der Waals surface area contributed by atoms with Gasteiger partial charge in [-0.3, -0.25) is 0 Å². The molecule has 1 aromatic carbocycles. The molecule has 0 saturated carbocycles. The van der Waals surface area contributed by atoms with E-state index in [1.54, 1.807) is 6.07 Å². The molecule has 0 amide bonds. The number of hydrogen-bond donors (Lipinski definition) is 1. The topological polar surface area (TPSA) is 32.5 Å². The summed E-state index contributed by atoms with van der Waals surface area (Å²) >= 11 is 4.71. The van der Waals surface area contributed by atoms with Crippen LogP contribution in [0.5, 0.6) is 0 Å². The maximum Gasteiger partial charge on any atom is 0.182 e. The highest BCUT2D eigenvalue weighted by Crippen LogP contribution is 2.27. The van der Waals surface area contributed by atoms with Crippen LogP contribution < -0.4 is 10.6 Å². The number of benzene rings is 1. The Bertz CT molecular complexity index is 511.